The highest BCUT2D eigenvalue weighted by Gasteiger charge is 2.22. The molecular weight excluding hydrogens is 364 g/mol. The maximum Gasteiger partial charge on any atom is 0.244 e. The van der Waals surface area contributed by atoms with Crippen LogP contribution in [0.1, 0.15) is 44.6 Å². The highest BCUT2D eigenvalue weighted by molar-refractivity contribution is 7.89. The van der Waals surface area contributed by atoms with Crippen molar-refractivity contribution in [2.24, 2.45) is 0 Å². The summed E-state index contributed by atoms with van der Waals surface area (Å²) < 4.78 is 27.6. The summed E-state index contributed by atoms with van der Waals surface area (Å²) in [5.41, 5.74) is 2.84. The Morgan fingerprint density at radius 3 is 2.22 bits per heavy atom. The number of carbonyl (C=O) groups excluding carboxylic acids is 1. The molecule has 1 aromatic heterocycles. The largest absolute Gasteiger partial charge is 0.311 e. The first kappa shape index (κ1) is 21.1. The summed E-state index contributed by atoms with van der Waals surface area (Å²) in [7, 11) is -3.69. The van der Waals surface area contributed by atoms with Crippen LogP contribution in [0.25, 0.3) is 0 Å². The number of aromatic nitrogens is 2. The number of hydrogen-bond acceptors (Lipinski definition) is 4. The topological polar surface area (TPSA) is 95.2 Å². The average Bonchev–Trinajstić information content (AvgIpc) is 2.90. The third kappa shape index (κ3) is 4.95. The van der Waals surface area contributed by atoms with Gasteiger partial charge in [-0.05, 0) is 37.0 Å². The van der Waals surface area contributed by atoms with Crippen molar-refractivity contribution in [2.45, 2.75) is 51.9 Å². The van der Waals surface area contributed by atoms with Crippen molar-refractivity contribution in [3.63, 3.8) is 0 Å². The Bertz CT molecular complexity index is 890. The number of nitrogens with zero attached hydrogens (tertiary/aromatic N) is 2. The van der Waals surface area contributed by atoms with Gasteiger partial charge in [0.2, 0.25) is 15.9 Å². The van der Waals surface area contributed by atoms with E-state index in [4.69, 9.17) is 0 Å². The molecule has 7 nitrogen and oxygen atoms in total. The Balaban J connectivity index is 2.10. The number of carbonyl (C=O) groups is 1. The van der Waals surface area contributed by atoms with Gasteiger partial charge in [0.25, 0.3) is 0 Å². The number of amides is 1. The third-order valence-corrected chi connectivity index (χ3v) is 6.11. The first-order chi connectivity index (χ1) is 12.4. The lowest BCUT2D eigenvalue weighted by Gasteiger charge is -2.24. The number of aromatic amines is 1. The molecule has 0 aliphatic heterocycles. The number of H-pyrrole nitrogens is 1. The molecule has 0 bridgehead atoms. The van der Waals surface area contributed by atoms with E-state index >= 15 is 0 Å². The van der Waals surface area contributed by atoms with E-state index in [0.717, 1.165) is 5.69 Å². The monoisotopic (exact) mass is 392 g/mol. The van der Waals surface area contributed by atoms with Crippen molar-refractivity contribution < 1.29 is 13.2 Å². The number of nitrogens with one attached hydrogen (secondary N) is 2. The molecule has 1 aromatic carbocycles. The van der Waals surface area contributed by atoms with E-state index in [1.165, 1.54) is 12.5 Å². The molecule has 0 aliphatic rings. The van der Waals surface area contributed by atoms with E-state index in [1.54, 1.807) is 18.7 Å². The smallest absolute Gasteiger partial charge is 0.244 e. The molecule has 1 heterocycles. The third-order valence-electron chi connectivity index (χ3n) is 4.38. The molecule has 0 spiro atoms. The van der Waals surface area contributed by atoms with E-state index in [1.807, 2.05) is 24.3 Å². The van der Waals surface area contributed by atoms with Crippen molar-refractivity contribution in [1.29, 1.82) is 0 Å². The van der Waals surface area contributed by atoms with Crippen LogP contribution in [-0.2, 0) is 20.2 Å². The number of sulfonamides is 1. The van der Waals surface area contributed by atoms with Gasteiger partial charge in [-0.1, -0.05) is 32.9 Å². The number of hydrogen-bond donors (Lipinski definition) is 2. The van der Waals surface area contributed by atoms with E-state index in [9.17, 15) is 13.2 Å². The van der Waals surface area contributed by atoms with Crippen LogP contribution in [0.3, 0.4) is 0 Å². The minimum absolute atomic E-state index is 0.0233. The van der Waals surface area contributed by atoms with Crippen molar-refractivity contribution in [1.82, 2.24) is 14.9 Å². The minimum atomic E-state index is -3.69. The standard InChI is InChI=1S/C19H28N4O3S/c1-13-18(14(2)22-21-13)27(25,26)20-11-12-23(15(3)24)17-9-7-16(8-10-17)19(4,5)6/h7-10,20H,11-12H2,1-6H3,(H,21,22). The van der Waals surface area contributed by atoms with Gasteiger partial charge in [-0.2, -0.15) is 5.10 Å². The Kier molecular flexibility index (Phi) is 6.11. The molecule has 0 fully saturated rings. The van der Waals surface area contributed by atoms with Crippen LogP contribution in [0.5, 0.6) is 0 Å². The van der Waals surface area contributed by atoms with Crippen molar-refractivity contribution in [3.8, 4) is 0 Å². The summed E-state index contributed by atoms with van der Waals surface area (Å²) in [6, 6.07) is 7.77. The first-order valence-electron chi connectivity index (χ1n) is 8.83. The number of rotatable bonds is 6. The zero-order valence-electron chi connectivity index (χ0n) is 16.8. The van der Waals surface area contributed by atoms with Crippen LogP contribution in [0.2, 0.25) is 0 Å². The minimum Gasteiger partial charge on any atom is -0.311 e. The van der Waals surface area contributed by atoms with Gasteiger partial charge in [0.1, 0.15) is 4.90 Å². The highest BCUT2D eigenvalue weighted by Crippen LogP contribution is 2.25. The van der Waals surface area contributed by atoms with Crippen LogP contribution in [0.4, 0.5) is 5.69 Å². The molecule has 2 aromatic rings. The first-order valence-corrected chi connectivity index (χ1v) is 10.3. The second kappa shape index (κ2) is 7.82. The van der Waals surface area contributed by atoms with Gasteiger partial charge in [0.05, 0.1) is 11.4 Å². The molecular formula is C19H28N4O3S. The lowest BCUT2D eigenvalue weighted by Crippen LogP contribution is -2.37. The maximum atomic E-state index is 12.5. The van der Waals surface area contributed by atoms with Crippen LogP contribution in [-0.4, -0.2) is 37.6 Å². The van der Waals surface area contributed by atoms with Crippen LogP contribution < -0.4 is 9.62 Å². The second-order valence-electron chi connectivity index (χ2n) is 7.63. The normalized spacial score (nSPS) is 12.2. The van der Waals surface area contributed by atoms with E-state index in [0.29, 0.717) is 11.4 Å². The molecule has 2 rings (SSSR count). The fraction of sp³-hybridized carbons (Fsp3) is 0.474. The van der Waals surface area contributed by atoms with Crippen molar-refractivity contribution in [2.75, 3.05) is 18.0 Å². The zero-order chi connectivity index (χ0) is 20.4. The maximum absolute atomic E-state index is 12.5. The van der Waals surface area contributed by atoms with E-state index < -0.39 is 10.0 Å². The molecule has 0 unspecified atom stereocenters. The summed E-state index contributed by atoms with van der Waals surface area (Å²) in [5, 5.41) is 6.59. The second-order valence-corrected chi connectivity index (χ2v) is 9.33. The predicted molar refractivity (Wildman–Crippen MR) is 106 cm³/mol. The molecule has 1 amide bonds. The van der Waals surface area contributed by atoms with Gasteiger partial charge < -0.3 is 4.90 Å². The number of aryl methyl sites for hydroxylation is 2. The predicted octanol–water partition coefficient (Wildman–Crippen LogP) is 2.66. The van der Waals surface area contributed by atoms with Crippen LogP contribution >= 0.6 is 0 Å². The van der Waals surface area contributed by atoms with Gasteiger partial charge in [-0.3, -0.25) is 9.89 Å². The zero-order valence-corrected chi connectivity index (χ0v) is 17.6. The molecule has 0 saturated carbocycles. The van der Waals surface area contributed by atoms with Gasteiger partial charge in [0, 0.05) is 25.7 Å². The van der Waals surface area contributed by atoms with E-state index in [2.05, 4.69) is 35.7 Å². The summed E-state index contributed by atoms with van der Waals surface area (Å²) >= 11 is 0. The molecule has 148 valence electrons. The van der Waals surface area contributed by atoms with Crippen LogP contribution in [0.15, 0.2) is 29.2 Å². The van der Waals surface area contributed by atoms with Crippen molar-refractivity contribution in [3.05, 3.63) is 41.2 Å². The van der Waals surface area contributed by atoms with E-state index in [-0.39, 0.29) is 29.3 Å². The summed E-state index contributed by atoms with van der Waals surface area (Å²) in [6.07, 6.45) is 0. The molecule has 8 heteroatoms. The fourth-order valence-corrected chi connectivity index (χ4v) is 4.30. The molecule has 0 aliphatic carbocycles. The number of benzene rings is 1. The Morgan fingerprint density at radius 2 is 1.78 bits per heavy atom. The van der Waals surface area contributed by atoms with Gasteiger partial charge in [0.15, 0.2) is 0 Å². The lowest BCUT2D eigenvalue weighted by atomic mass is 9.87. The SMILES string of the molecule is CC(=O)N(CCNS(=O)(=O)c1c(C)n[nH]c1C)c1ccc(C(C)(C)C)cc1. The lowest BCUT2D eigenvalue weighted by molar-refractivity contribution is -0.116. The van der Waals surface area contributed by atoms with Crippen LogP contribution in [0, 0.1) is 13.8 Å². The molecule has 27 heavy (non-hydrogen) atoms. The summed E-state index contributed by atoms with van der Waals surface area (Å²) in [5.74, 6) is -0.145. The van der Waals surface area contributed by atoms with Gasteiger partial charge >= 0.3 is 0 Å². The average molecular weight is 393 g/mol. The molecule has 2 N–H and O–H groups in total. The molecule has 0 radical (unpaired) electrons. The van der Waals surface area contributed by atoms with Gasteiger partial charge in [-0.15, -0.1) is 0 Å². The quantitative estimate of drug-likeness (QED) is 0.790. The Morgan fingerprint density at radius 1 is 1.19 bits per heavy atom. The number of anilines is 1. The molecule has 0 saturated heterocycles. The fourth-order valence-electron chi connectivity index (χ4n) is 2.91. The molecule has 0 atom stereocenters. The van der Waals surface area contributed by atoms with Gasteiger partial charge in [-0.25, -0.2) is 13.1 Å². The summed E-state index contributed by atoms with van der Waals surface area (Å²) in [6.45, 7) is 11.5. The summed E-state index contributed by atoms with van der Waals surface area (Å²) in [4.78, 5) is 13.8. The highest BCUT2D eigenvalue weighted by atomic mass is 32.2. The van der Waals surface area contributed by atoms with Crippen molar-refractivity contribution >= 4 is 21.6 Å². The Hall–Kier alpha value is -2.19. The Labute approximate surface area is 161 Å².